The molecular weight excluding hydrogens is 437 g/mol. The molecule has 0 unspecified atom stereocenters. The maximum atomic E-state index is 14.4. The van der Waals surface area contributed by atoms with Crippen molar-refractivity contribution in [3.05, 3.63) is 53.1 Å². The molecule has 0 spiro atoms. The number of anilines is 2. The summed E-state index contributed by atoms with van der Waals surface area (Å²) in [6.07, 6.45) is 1.38. The number of carbonyl (C=O) groups is 1. The van der Waals surface area contributed by atoms with Crippen LogP contribution >= 0.6 is 11.6 Å². The van der Waals surface area contributed by atoms with Gasteiger partial charge >= 0.3 is 0 Å². The van der Waals surface area contributed by atoms with Crippen LogP contribution in [-0.4, -0.2) is 54.2 Å². The number of nitrogens with one attached hydrogen (secondary N) is 1. The Morgan fingerprint density at radius 3 is 2.78 bits per heavy atom. The van der Waals surface area contributed by atoms with Crippen molar-refractivity contribution >= 4 is 39.9 Å². The Kier molecular flexibility index (Phi) is 7.79. The van der Waals surface area contributed by atoms with Crippen LogP contribution in [0.1, 0.15) is 12.5 Å². The van der Waals surface area contributed by atoms with E-state index in [1.165, 1.54) is 12.4 Å². The average Bonchev–Trinajstić information content (AvgIpc) is 2.78. The zero-order valence-electron chi connectivity index (χ0n) is 18.1. The highest BCUT2D eigenvalue weighted by Gasteiger charge is 2.21. The number of nitrogens with two attached hydrogens (primary N) is 1. The van der Waals surface area contributed by atoms with Crippen LogP contribution in [0.25, 0.3) is 10.9 Å². The highest BCUT2D eigenvalue weighted by molar-refractivity contribution is 6.31. The molecule has 1 atom stereocenters. The third-order valence-corrected chi connectivity index (χ3v) is 5.45. The minimum absolute atomic E-state index is 0.00458. The summed E-state index contributed by atoms with van der Waals surface area (Å²) >= 11 is 5.90. The van der Waals surface area contributed by atoms with Crippen molar-refractivity contribution in [1.29, 1.82) is 0 Å². The van der Waals surface area contributed by atoms with Crippen molar-refractivity contribution < 1.29 is 18.7 Å². The Bertz CT molecular complexity index is 1110. The quantitative estimate of drug-likeness (QED) is 0.476. The molecular formula is C22H25ClFN5O3. The summed E-state index contributed by atoms with van der Waals surface area (Å²) < 4.78 is 25.2. The molecule has 3 aromatic rings. The number of hydrogen-bond donors (Lipinski definition) is 2. The van der Waals surface area contributed by atoms with Crippen molar-refractivity contribution in [3.8, 4) is 5.75 Å². The fraction of sp³-hybridized carbons (Fsp3) is 0.318. The number of hydrogen-bond acceptors (Lipinski definition) is 7. The van der Waals surface area contributed by atoms with Crippen LogP contribution in [-0.2, 0) is 16.1 Å². The van der Waals surface area contributed by atoms with Gasteiger partial charge in [-0.25, -0.2) is 14.4 Å². The fourth-order valence-corrected chi connectivity index (χ4v) is 3.46. The van der Waals surface area contributed by atoms with Crippen LogP contribution in [0, 0.1) is 5.82 Å². The molecule has 0 saturated carbocycles. The zero-order valence-corrected chi connectivity index (χ0v) is 18.8. The van der Waals surface area contributed by atoms with Gasteiger partial charge in [-0.3, -0.25) is 9.69 Å². The molecule has 1 aromatic heterocycles. The number of amides is 1. The van der Waals surface area contributed by atoms with Gasteiger partial charge in [-0.15, -0.1) is 0 Å². The SMILES string of the molecule is COCCN(Cc1cc2c(Nc3cccc(Cl)c3F)ncnc2cc1OC)[C@@H](C)C(N)=O. The van der Waals surface area contributed by atoms with E-state index < -0.39 is 17.8 Å². The summed E-state index contributed by atoms with van der Waals surface area (Å²) in [6, 6.07) is 7.79. The van der Waals surface area contributed by atoms with Gasteiger partial charge < -0.3 is 20.5 Å². The zero-order chi connectivity index (χ0) is 23.3. The van der Waals surface area contributed by atoms with Crippen LogP contribution in [0.2, 0.25) is 5.02 Å². The standard InChI is InChI=1S/C22H25ClFN5O3/c1-13(21(25)30)29(7-8-31-2)11-14-9-15-18(10-19(14)32-3)26-12-27-22(15)28-17-6-4-5-16(23)20(17)24/h4-6,9-10,12-13H,7-8,11H2,1-3H3,(H2,25,30)(H,26,27,28)/t13-/m0/s1. The molecule has 3 N–H and O–H groups in total. The van der Waals surface area contributed by atoms with Gasteiger partial charge in [0, 0.05) is 37.2 Å². The van der Waals surface area contributed by atoms with Gasteiger partial charge in [0.15, 0.2) is 5.82 Å². The minimum atomic E-state index is -0.573. The van der Waals surface area contributed by atoms with Gasteiger partial charge in [0.25, 0.3) is 0 Å². The van der Waals surface area contributed by atoms with Crippen molar-refractivity contribution in [2.75, 3.05) is 32.7 Å². The lowest BCUT2D eigenvalue weighted by atomic mass is 10.1. The fourth-order valence-electron chi connectivity index (χ4n) is 3.29. The van der Waals surface area contributed by atoms with Crippen LogP contribution in [0.15, 0.2) is 36.7 Å². The Morgan fingerprint density at radius 2 is 2.09 bits per heavy atom. The first-order valence-corrected chi connectivity index (χ1v) is 10.3. The molecule has 1 amide bonds. The third-order valence-electron chi connectivity index (χ3n) is 5.16. The lowest BCUT2D eigenvalue weighted by Gasteiger charge is -2.27. The molecule has 0 aliphatic heterocycles. The van der Waals surface area contributed by atoms with E-state index in [-0.39, 0.29) is 10.7 Å². The molecule has 10 heteroatoms. The molecule has 0 aliphatic rings. The van der Waals surface area contributed by atoms with Gasteiger partial charge in [0.2, 0.25) is 5.91 Å². The largest absolute Gasteiger partial charge is 0.496 e. The highest BCUT2D eigenvalue weighted by Crippen LogP contribution is 2.32. The number of fused-ring (bicyclic) bond motifs is 1. The van der Waals surface area contributed by atoms with Gasteiger partial charge in [0.1, 0.15) is 17.9 Å². The number of aromatic nitrogens is 2. The van der Waals surface area contributed by atoms with E-state index in [0.29, 0.717) is 42.2 Å². The predicted molar refractivity (Wildman–Crippen MR) is 122 cm³/mol. The summed E-state index contributed by atoms with van der Waals surface area (Å²) in [5.41, 5.74) is 7.12. The summed E-state index contributed by atoms with van der Waals surface area (Å²) in [5.74, 6) is -0.0136. The predicted octanol–water partition coefficient (Wildman–Crippen LogP) is 3.50. The number of nitrogens with zero attached hydrogens (tertiary/aromatic N) is 3. The molecule has 1 heterocycles. The van der Waals surface area contributed by atoms with E-state index in [1.807, 2.05) is 11.0 Å². The van der Waals surface area contributed by atoms with Crippen molar-refractivity contribution in [3.63, 3.8) is 0 Å². The van der Waals surface area contributed by atoms with Crippen molar-refractivity contribution in [2.45, 2.75) is 19.5 Å². The maximum absolute atomic E-state index is 14.4. The Labute approximate surface area is 190 Å². The smallest absolute Gasteiger partial charge is 0.234 e. The Morgan fingerprint density at radius 1 is 1.31 bits per heavy atom. The normalized spacial score (nSPS) is 12.2. The van der Waals surface area contributed by atoms with Crippen LogP contribution < -0.4 is 15.8 Å². The second-order valence-corrected chi connectivity index (χ2v) is 7.58. The number of carbonyl (C=O) groups excluding carboxylic acids is 1. The molecule has 8 nitrogen and oxygen atoms in total. The molecule has 2 aromatic carbocycles. The number of benzene rings is 2. The van der Waals surface area contributed by atoms with E-state index in [4.69, 9.17) is 26.8 Å². The number of ether oxygens (including phenoxy) is 2. The van der Waals surface area contributed by atoms with Crippen molar-refractivity contribution in [1.82, 2.24) is 14.9 Å². The summed E-state index contributed by atoms with van der Waals surface area (Å²) in [5, 5.41) is 3.65. The second-order valence-electron chi connectivity index (χ2n) is 7.17. The Balaban J connectivity index is 2.03. The highest BCUT2D eigenvalue weighted by atomic mass is 35.5. The topological polar surface area (TPSA) is 103 Å². The first-order valence-electron chi connectivity index (χ1n) is 9.90. The number of primary amides is 1. The molecule has 0 saturated heterocycles. The first kappa shape index (κ1) is 23.6. The lowest BCUT2D eigenvalue weighted by molar-refractivity contribution is -0.123. The van der Waals surface area contributed by atoms with Crippen LogP contribution in [0.5, 0.6) is 5.75 Å². The minimum Gasteiger partial charge on any atom is -0.496 e. The van der Waals surface area contributed by atoms with Gasteiger partial charge in [0.05, 0.1) is 36.0 Å². The van der Waals surface area contributed by atoms with E-state index >= 15 is 0 Å². The molecule has 0 bridgehead atoms. The maximum Gasteiger partial charge on any atom is 0.234 e. The second kappa shape index (κ2) is 10.5. The monoisotopic (exact) mass is 461 g/mol. The van der Waals surface area contributed by atoms with Crippen molar-refractivity contribution in [2.24, 2.45) is 5.73 Å². The number of methoxy groups -OCH3 is 2. The molecule has 0 aliphatic carbocycles. The lowest BCUT2D eigenvalue weighted by Crippen LogP contribution is -2.43. The Hall–Kier alpha value is -3.01. The van der Waals surface area contributed by atoms with E-state index in [2.05, 4.69) is 15.3 Å². The van der Waals surface area contributed by atoms with Crippen LogP contribution in [0.3, 0.4) is 0 Å². The first-order chi connectivity index (χ1) is 15.3. The van der Waals surface area contributed by atoms with Crippen LogP contribution in [0.4, 0.5) is 15.9 Å². The molecule has 0 radical (unpaired) electrons. The van der Waals surface area contributed by atoms with E-state index in [0.717, 1.165) is 5.56 Å². The van der Waals surface area contributed by atoms with Gasteiger partial charge in [-0.1, -0.05) is 17.7 Å². The molecule has 0 fully saturated rings. The van der Waals surface area contributed by atoms with Gasteiger partial charge in [-0.2, -0.15) is 0 Å². The van der Waals surface area contributed by atoms with E-state index in [1.54, 1.807) is 39.3 Å². The summed E-state index contributed by atoms with van der Waals surface area (Å²) in [4.78, 5) is 22.3. The third kappa shape index (κ3) is 5.24. The molecule has 3 rings (SSSR count). The molecule has 32 heavy (non-hydrogen) atoms. The van der Waals surface area contributed by atoms with Gasteiger partial charge in [-0.05, 0) is 25.1 Å². The summed E-state index contributed by atoms with van der Waals surface area (Å²) in [6.45, 7) is 3.03. The van der Waals surface area contributed by atoms with E-state index in [9.17, 15) is 9.18 Å². The molecule has 170 valence electrons. The number of halogens is 2. The average molecular weight is 462 g/mol. The number of rotatable bonds is 10. The summed E-state index contributed by atoms with van der Waals surface area (Å²) in [7, 11) is 3.15.